The van der Waals surface area contributed by atoms with Gasteiger partial charge in [0.15, 0.2) is 0 Å². The molecule has 0 bridgehead atoms. The van der Waals surface area contributed by atoms with Crippen molar-refractivity contribution in [2.45, 2.75) is 31.3 Å². The summed E-state index contributed by atoms with van der Waals surface area (Å²) in [6.07, 6.45) is 0. The highest BCUT2D eigenvalue weighted by molar-refractivity contribution is 9.10. The largest absolute Gasteiger partial charge is 0.496 e. The molecule has 0 aliphatic carbocycles. The highest BCUT2D eigenvalue weighted by Crippen LogP contribution is 2.25. The molecule has 0 aliphatic heterocycles. The maximum Gasteiger partial charge on any atom is 0.243 e. The van der Waals surface area contributed by atoms with Crippen LogP contribution in [0, 0.1) is 6.92 Å². The Bertz CT molecular complexity index is 1200. The Labute approximate surface area is 203 Å². The van der Waals surface area contributed by atoms with Gasteiger partial charge in [0.1, 0.15) is 5.75 Å². The average molecular weight is 531 g/mol. The first-order valence-electron chi connectivity index (χ1n) is 10.4. The second kappa shape index (κ2) is 11.0. The summed E-state index contributed by atoms with van der Waals surface area (Å²) in [6, 6.07) is 21.0. The number of ether oxygens (including phenoxy) is 1. The molecule has 0 heterocycles. The summed E-state index contributed by atoms with van der Waals surface area (Å²) < 4.78 is 34.2. The molecule has 0 fully saturated rings. The Morgan fingerprint density at radius 1 is 1.03 bits per heavy atom. The lowest BCUT2D eigenvalue weighted by Gasteiger charge is -2.24. The van der Waals surface area contributed by atoms with Gasteiger partial charge in [-0.15, -0.1) is 0 Å². The number of methoxy groups -OCH3 is 1. The summed E-state index contributed by atoms with van der Waals surface area (Å²) in [5, 5.41) is 2.90. The normalized spacial score (nSPS) is 12.4. The van der Waals surface area contributed by atoms with E-state index in [0.29, 0.717) is 5.75 Å². The lowest BCUT2D eigenvalue weighted by molar-refractivity contribution is -0.122. The predicted octanol–water partition coefficient (Wildman–Crippen LogP) is 4.83. The van der Waals surface area contributed by atoms with E-state index in [1.165, 1.54) is 16.4 Å². The van der Waals surface area contributed by atoms with Crippen LogP contribution in [0.4, 0.5) is 0 Å². The summed E-state index contributed by atoms with van der Waals surface area (Å²) >= 11 is 3.33. The van der Waals surface area contributed by atoms with Gasteiger partial charge in [0.2, 0.25) is 15.9 Å². The molecule has 6 nitrogen and oxygen atoms in total. The SMILES string of the molecule is COc1ccccc1[C@@H](C)NC(=O)CN(Cc1ccc(C)cc1)S(=O)(=O)c1ccc(Br)cc1. The molecule has 3 aromatic carbocycles. The van der Waals surface area contributed by atoms with Crippen LogP contribution in [0.15, 0.2) is 82.2 Å². The Kier molecular flexibility index (Phi) is 8.29. The molecule has 0 spiro atoms. The molecule has 0 aromatic heterocycles. The first kappa shape index (κ1) is 25.0. The number of amides is 1. The van der Waals surface area contributed by atoms with Crippen molar-refractivity contribution in [1.29, 1.82) is 0 Å². The first-order valence-corrected chi connectivity index (χ1v) is 12.7. The predicted molar refractivity (Wildman–Crippen MR) is 132 cm³/mol. The van der Waals surface area contributed by atoms with Gasteiger partial charge >= 0.3 is 0 Å². The molecule has 1 atom stereocenters. The Balaban J connectivity index is 1.84. The second-order valence-corrected chi connectivity index (χ2v) is 10.6. The van der Waals surface area contributed by atoms with E-state index in [0.717, 1.165) is 21.2 Å². The molecule has 0 aliphatic rings. The third-order valence-electron chi connectivity index (χ3n) is 5.23. The van der Waals surface area contributed by atoms with Crippen LogP contribution in [0.5, 0.6) is 5.75 Å². The summed E-state index contributed by atoms with van der Waals surface area (Å²) in [5.41, 5.74) is 2.69. The third-order valence-corrected chi connectivity index (χ3v) is 7.57. The molecule has 1 amide bonds. The molecule has 8 heteroatoms. The van der Waals surface area contributed by atoms with Gasteiger partial charge in [-0.3, -0.25) is 4.79 Å². The summed E-state index contributed by atoms with van der Waals surface area (Å²) in [6.45, 7) is 3.57. The number of hydrogen-bond donors (Lipinski definition) is 1. The van der Waals surface area contributed by atoms with Crippen LogP contribution in [-0.4, -0.2) is 32.3 Å². The number of hydrogen-bond acceptors (Lipinski definition) is 4. The molecule has 0 radical (unpaired) electrons. The fraction of sp³-hybridized carbons (Fsp3) is 0.240. The van der Waals surface area contributed by atoms with E-state index in [1.807, 2.05) is 62.4 Å². The molecule has 33 heavy (non-hydrogen) atoms. The van der Waals surface area contributed by atoms with Crippen LogP contribution in [-0.2, 0) is 21.4 Å². The van der Waals surface area contributed by atoms with E-state index in [-0.39, 0.29) is 24.0 Å². The monoisotopic (exact) mass is 530 g/mol. The van der Waals surface area contributed by atoms with Crippen molar-refractivity contribution in [3.05, 3.63) is 94.0 Å². The number of sulfonamides is 1. The van der Waals surface area contributed by atoms with Gasteiger partial charge in [0, 0.05) is 16.6 Å². The molecule has 0 saturated carbocycles. The van der Waals surface area contributed by atoms with Gasteiger partial charge in [0.05, 0.1) is 24.6 Å². The minimum Gasteiger partial charge on any atom is -0.496 e. The molecule has 174 valence electrons. The lowest BCUT2D eigenvalue weighted by atomic mass is 10.1. The van der Waals surface area contributed by atoms with E-state index in [9.17, 15) is 13.2 Å². The van der Waals surface area contributed by atoms with Crippen molar-refractivity contribution in [2.24, 2.45) is 0 Å². The fourth-order valence-electron chi connectivity index (χ4n) is 3.43. The molecule has 0 unspecified atom stereocenters. The van der Waals surface area contributed by atoms with Crippen molar-refractivity contribution >= 4 is 31.9 Å². The maximum absolute atomic E-state index is 13.4. The zero-order chi connectivity index (χ0) is 24.0. The highest BCUT2D eigenvalue weighted by atomic mass is 79.9. The van der Waals surface area contributed by atoms with Crippen LogP contribution < -0.4 is 10.1 Å². The van der Waals surface area contributed by atoms with E-state index in [4.69, 9.17) is 4.74 Å². The molecule has 0 saturated heterocycles. The van der Waals surface area contributed by atoms with Crippen molar-refractivity contribution in [1.82, 2.24) is 9.62 Å². The van der Waals surface area contributed by atoms with Crippen molar-refractivity contribution < 1.29 is 17.9 Å². The standard InChI is InChI=1S/C25H27BrN2O4S/c1-18-8-10-20(11-9-18)16-28(33(30,31)22-14-12-21(26)13-15-22)17-25(29)27-19(2)23-6-4-5-7-24(23)32-3/h4-15,19H,16-17H2,1-3H3,(H,27,29)/t19-/m1/s1. The summed E-state index contributed by atoms with van der Waals surface area (Å²) in [5.74, 6) is 0.255. The number of nitrogens with one attached hydrogen (secondary N) is 1. The van der Waals surface area contributed by atoms with Gasteiger partial charge in [-0.2, -0.15) is 4.31 Å². The number of aryl methyl sites for hydroxylation is 1. The number of halogens is 1. The Morgan fingerprint density at radius 3 is 2.30 bits per heavy atom. The van der Waals surface area contributed by atoms with E-state index in [2.05, 4.69) is 21.2 Å². The number of carbonyl (C=O) groups excluding carboxylic acids is 1. The average Bonchev–Trinajstić information content (AvgIpc) is 2.80. The van der Waals surface area contributed by atoms with Gasteiger partial charge < -0.3 is 10.1 Å². The van der Waals surface area contributed by atoms with Gasteiger partial charge in [0.25, 0.3) is 0 Å². The minimum atomic E-state index is -3.91. The fourth-order valence-corrected chi connectivity index (χ4v) is 5.08. The zero-order valence-corrected chi connectivity index (χ0v) is 21.2. The smallest absolute Gasteiger partial charge is 0.243 e. The van der Waals surface area contributed by atoms with Gasteiger partial charge in [-0.05, 0) is 49.7 Å². The number of nitrogens with zero attached hydrogens (tertiary/aromatic N) is 1. The highest BCUT2D eigenvalue weighted by Gasteiger charge is 2.27. The molecule has 3 aromatic rings. The van der Waals surface area contributed by atoms with Crippen molar-refractivity contribution in [3.8, 4) is 5.75 Å². The summed E-state index contributed by atoms with van der Waals surface area (Å²) in [4.78, 5) is 13.1. The number of rotatable bonds is 9. The van der Waals surface area contributed by atoms with Crippen molar-refractivity contribution in [2.75, 3.05) is 13.7 Å². The van der Waals surface area contributed by atoms with Gasteiger partial charge in [-0.25, -0.2) is 8.42 Å². The number of carbonyl (C=O) groups is 1. The Morgan fingerprint density at radius 2 is 1.67 bits per heavy atom. The lowest BCUT2D eigenvalue weighted by Crippen LogP contribution is -2.41. The number of benzene rings is 3. The molecule has 1 N–H and O–H groups in total. The van der Waals surface area contributed by atoms with E-state index < -0.39 is 15.9 Å². The maximum atomic E-state index is 13.4. The third kappa shape index (κ3) is 6.43. The Hall–Kier alpha value is -2.68. The van der Waals surface area contributed by atoms with Crippen LogP contribution in [0.1, 0.15) is 29.7 Å². The minimum absolute atomic E-state index is 0.0785. The van der Waals surface area contributed by atoms with Crippen LogP contribution in [0.3, 0.4) is 0 Å². The van der Waals surface area contributed by atoms with E-state index in [1.54, 1.807) is 19.2 Å². The zero-order valence-electron chi connectivity index (χ0n) is 18.8. The molecule has 3 rings (SSSR count). The van der Waals surface area contributed by atoms with Crippen LogP contribution in [0.25, 0.3) is 0 Å². The van der Waals surface area contributed by atoms with Crippen molar-refractivity contribution in [3.63, 3.8) is 0 Å². The van der Waals surface area contributed by atoms with Crippen LogP contribution >= 0.6 is 15.9 Å². The molecular formula is C25H27BrN2O4S. The van der Waals surface area contributed by atoms with E-state index >= 15 is 0 Å². The first-order chi connectivity index (χ1) is 15.7. The van der Waals surface area contributed by atoms with Gasteiger partial charge in [-0.1, -0.05) is 64.0 Å². The molecular weight excluding hydrogens is 504 g/mol. The summed E-state index contributed by atoms with van der Waals surface area (Å²) in [7, 11) is -2.34. The number of para-hydroxylation sites is 1. The second-order valence-electron chi connectivity index (χ2n) is 7.74. The topological polar surface area (TPSA) is 75.7 Å². The van der Waals surface area contributed by atoms with Crippen LogP contribution in [0.2, 0.25) is 0 Å². The quantitative estimate of drug-likeness (QED) is 0.429.